The van der Waals surface area contributed by atoms with Crippen LogP contribution in [0.4, 0.5) is 5.95 Å². The van der Waals surface area contributed by atoms with E-state index < -0.39 is 11.9 Å². The Labute approximate surface area is 149 Å². The minimum Gasteiger partial charge on any atom is -0.493 e. The van der Waals surface area contributed by atoms with Crippen LogP contribution >= 0.6 is 0 Å². The zero-order valence-electron chi connectivity index (χ0n) is 14.6. The summed E-state index contributed by atoms with van der Waals surface area (Å²) in [5, 5.41) is 7.33. The smallest absolute Gasteiger partial charge is 0.255 e. The number of primary amides is 1. The van der Waals surface area contributed by atoms with Gasteiger partial charge in [-0.25, -0.2) is 4.68 Å². The van der Waals surface area contributed by atoms with Crippen LogP contribution in [0.15, 0.2) is 35.8 Å². The summed E-state index contributed by atoms with van der Waals surface area (Å²) in [7, 11) is 1.49. The third-order valence-electron chi connectivity index (χ3n) is 4.05. The first-order valence-electron chi connectivity index (χ1n) is 7.89. The number of nitrogens with two attached hydrogens (primary N) is 1. The van der Waals surface area contributed by atoms with Gasteiger partial charge in [-0.3, -0.25) is 9.59 Å². The number of nitrogens with zero attached hydrogens (tertiary/aromatic N) is 3. The van der Waals surface area contributed by atoms with Crippen LogP contribution < -0.4 is 20.5 Å². The summed E-state index contributed by atoms with van der Waals surface area (Å²) in [6.45, 7) is 3.08. The number of hydrogen-bond donors (Lipinski definition) is 2. The van der Waals surface area contributed by atoms with Crippen molar-refractivity contribution in [3.63, 3.8) is 0 Å². The number of Topliss-reactive ketones (excluding diaryl/α,β-unsaturated/α-hetero) is 1. The third-order valence-corrected chi connectivity index (χ3v) is 4.05. The van der Waals surface area contributed by atoms with Crippen LogP contribution in [0, 0.1) is 0 Å². The number of benzene rings is 1. The van der Waals surface area contributed by atoms with Crippen molar-refractivity contribution >= 4 is 17.6 Å². The lowest BCUT2D eigenvalue weighted by molar-refractivity contribution is -0.120. The predicted molar refractivity (Wildman–Crippen MR) is 92.8 cm³/mol. The molecule has 1 unspecified atom stereocenters. The first-order valence-corrected chi connectivity index (χ1v) is 7.89. The highest BCUT2D eigenvalue weighted by Gasteiger charge is 2.32. The molecule has 0 radical (unpaired) electrons. The summed E-state index contributed by atoms with van der Waals surface area (Å²) in [4.78, 5) is 27.4. The Morgan fingerprint density at radius 2 is 2.12 bits per heavy atom. The molecule has 1 aliphatic heterocycles. The van der Waals surface area contributed by atoms with Crippen molar-refractivity contribution in [1.29, 1.82) is 0 Å². The highest BCUT2D eigenvalue weighted by Crippen LogP contribution is 2.38. The number of carbonyl (C=O) groups is 2. The number of anilines is 1. The monoisotopic (exact) mass is 357 g/mol. The van der Waals surface area contributed by atoms with Crippen molar-refractivity contribution in [2.75, 3.05) is 19.0 Å². The van der Waals surface area contributed by atoms with E-state index in [-0.39, 0.29) is 12.4 Å². The SMILES string of the molecule is COc1cc(C2C(C(C)=O)=C(C)Nc3ncnn32)ccc1OCC(N)=O. The molecule has 2 heterocycles. The lowest BCUT2D eigenvalue weighted by Crippen LogP contribution is -2.27. The largest absolute Gasteiger partial charge is 0.493 e. The Kier molecular flexibility index (Phi) is 4.61. The zero-order chi connectivity index (χ0) is 18.8. The fourth-order valence-electron chi connectivity index (χ4n) is 2.98. The van der Waals surface area contributed by atoms with E-state index in [1.165, 1.54) is 20.4 Å². The molecule has 0 saturated heterocycles. The number of allylic oxidation sites excluding steroid dienone is 2. The van der Waals surface area contributed by atoms with Crippen LogP contribution in [-0.4, -0.2) is 40.2 Å². The van der Waals surface area contributed by atoms with Crippen molar-refractivity contribution in [1.82, 2.24) is 14.8 Å². The molecule has 1 aliphatic rings. The number of rotatable bonds is 6. The van der Waals surface area contributed by atoms with E-state index in [2.05, 4.69) is 15.4 Å². The summed E-state index contributed by atoms with van der Waals surface area (Å²) in [6.07, 6.45) is 1.42. The quantitative estimate of drug-likeness (QED) is 0.792. The molecule has 0 bridgehead atoms. The van der Waals surface area contributed by atoms with Gasteiger partial charge in [0.2, 0.25) is 5.95 Å². The van der Waals surface area contributed by atoms with E-state index in [4.69, 9.17) is 15.2 Å². The second kappa shape index (κ2) is 6.87. The van der Waals surface area contributed by atoms with Gasteiger partial charge in [-0.2, -0.15) is 10.1 Å². The van der Waals surface area contributed by atoms with Crippen LogP contribution in [0.1, 0.15) is 25.5 Å². The van der Waals surface area contributed by atoms with Gasteiger partial charge in [0, 0.05) is 11.3 Å². The van der Waals surface area contributed by atoms with Crippen LogP contribution in [0.3, 0.4) is 0 Å². The van der Waals surface area contributed by atoms with Gasteiger partial charge in [0.15, 0.2) is 23.9 Å². The van der Waals surface area contributed by atoms with Gasteiger partial charge in [0.25, 0.3) is 5.91 Å². The molecule has 136 valence electrons. The van der Waals surface area contributed by atoms with Gasteiger partial charge in [0.1, 0.15) is 12.4 Å². The molecule has 1 aromatic heterocycles. The molecule has 3 rings (SSSR count). The molecule has 3 N–H and O–H groups in total. The van der Waals surface area contributed by atoms with Crippen molar-refractivity contribution in [2.45, 2.75) is 19.9 Å². The average Bonchev–Trinajstić information content (AvgIpc) is 3.06. The van der Waals surface area contributed by atoms with Gasteiger partial charge >= 0.3 is 0 Å². The molecular weight excluding hydrogens is 338 g/mol. The molecule has 0 aliphatic carbocycles. The summed E-state index contributed by atoms with van der Waals surface area (Å²) >= 11 is 0. The highest BCUT2D eigenvalue weighted by molar-refractivity contribution is 5.96. The highest BCUT2D eigenvalue weighted by atomic mass is 16.5. The normalized spacial score (nSPS) is 15.9. The van der Waals surface area contributed by atoms with Crippen molar-refractivity contribution in [3.05, 3.63) is 41.4 Å². The topological polar surface area (TPSA) is 121 Å². The maximum absolute atomic E-state index is 12.3. The maximum Gasteiger partial charge on any atom is 0.255 e. The fourth-order valence-corrected chi connectivity index (χ4v) is 2.98. The second-order valence-electron chi connectivity index (χ2n) is 5.82. The lowest BCUT2D eigenvalue weighted by Gasteiger charge is -2.28. The Hall–Kier alpha value is -3.36. The van der Waals surface area contributed by atoms with Crippen molar-refractivity contribution < 1.29 is 19.1 Å². The number of hydrogen-bond acceptors (Lipinski definition) is 7. The third kappa shape index (κ3) is 3.10. The Balaban J connectivity index is 2.07. The van der Waals surface area contributed by atoms with E-state index in [0.717, 1.165) is 11.3 Å². The number of ether oxygens (including phenoxy) is 2. The molecular formula is C17H19N5O4. The first kappa shape index (κ1) is 17.5. The molecule has 0 saturated carbocycles. The number of nitrogens with one attached hydrogen (secondary N) is 1. The molecule has 1 atom stereocenters. The maximum atomic E-state index is 12.3. The van der Waals surface area contributed by atoms with E-state index >= 15 is 0 Å². The number of carbonyl (C=O) groups excluding carboxylic acids is 2. The van der Waals surface area contributed by atoms with Crippen LogP contribution in [0.2, 0.25) is 0 Å². The molecule has 2 aromatic rings. The summed E-state index contributed by atoms with van der Waals surface area (Å²) in [6, 6.07) is 4.75. The summed E-state index contributed by atoms with van der Waals surface area (Å²) in [5.74, 6) is 0.691. The minimum absolute atomic E-state index is 0.0748. The minimum atomic E-state index is -0.584. The number of aromatic nitrogens is 3. The van der Waals surface area contributed by atoms with Crippen molar-refractivity contribution in [2.24, 2.45) is 5.73 Å². The Morgan fingerprint density at radius 1 is 1.35 bits per heavy atom. The average molecular weight is 357 g/mol. The molecule has 9 heteroatoms. The summed E-state index contributed by atoms with van der Waals surface area (Å²) in [5.41, 5.74) is 7.18. The van der Waals surface area contributed by atoms with Crippen molar-refractivity contribution in [3.8, 4) is 11.5 Å². The lowest BCUT2D eigenvalue weighted by atomic mass is 9.93. The predicted octanol–water partition coefficient (Wildman–Crippen LogP) is 1.03. The van der Waals surface area contributed by atoms with Gasteiger partial charge < -0.3 is 20.5 Å². The molecule has 1 aromatic carbocycles. The second-order valence-corrected chi connectivity index (χ2v) is 5.82. The number of ketones is 1. The molecule has 26 heavy (non-hydrogen) atoms. The van der Waals surface area contributed by atoms with Gasteiger partial charge in [-0.1, -0.05) is 6.07 Å². The Bertz CT molecular complexity index is 902. The first-order chi connectivity index (χ1) is 12.4. The fraction of sp³-hybridized carbons (Fsp3) is 0.294. The van der Waals surface area contributed by atoms with E-state index in [1.54, 1.807) is 22.9 Å². The van der Waals surface area contributed by atoms with Gasteiger partial charge in [0.05, 0.1) is 7.11 Å². The molecule has 0 fully saturated rings. The van der Waals surface area contributed by atoms with E-state index in [0.29, 0.717) is 23.0 Å². The van der Waals surface area contributed by atoms with E-state index in [9.17, 15) is 9.59 Å². The number of amides is 1. The summed E-state index contributed by atoms with van der Waals surface area (Å²) < 4.78 is 12.4. The number of methoxy groups -OCH3 is 1. The molecule has 0 spiro atoms. The van der Waals surface area contributed by atoms with Gasteiger partial charge in [-0.15, -0.1) is 0 Å². The zero-order valence-corrected chi connectivity index (χ0v) is 14.6. The standard InChI is InChI=1S/C17H19N5O4/c1-9-15(10(2)23)16(22-17(21-9)19-8-20-22)11-4-5-12(13(6-11)25-3)26-7-14(18)24/h4-6,8,16H,7H2,1-3H3,(H2,18,24)(H,19,20,21). The Morgan fingerprint density at radius 3 is 2.77 bits per heavy atom. The number of fused-ring (bicyclic) bond motifs is 1. The molecule has 9 nitrogen and oxygen atoms in total. The molecule has 1 amide bonds. The van der Waals surface area contributed by atoms with Crippen LogP contribution in [0.25, 0.3) is 0 Å². The van der Waals surface area contributed by atoms with Crippen LogP contribution in [-0.2, 0) is 9.59 Å². The van der Waals surface area contributed by atoms with Gasteiger partial charge in [-0.05, 0) is 31.5 Å². The van der Waals surface area contributed by atoms with E-state index in [1.807, 2.05) is 6.92 Å². The van der Waals surface area contributed by atoms with Crippen LogP contribution in [0.5, 0.6) is 11.5 Å².